The highest BCUT2D eigenvalue weighted by Crippen LogP contribution is 2.30. The second-order valence-corrected chi connectivity index (χ2v) is 6.08. The highest BCUT2D eigenvalue weighted by atomic mass is 79.9. The van der Waals surface area contributed by atoms with E-state index in [1.165, 1.54) is 0 Å². The molecule has 1 aliphatic rings. The Bertz CT molecular complexity index is 453. The molecule has 1 amide bonds. The third-order valence-corrected chi connectivity index (χ3v) is 4.56. The number of halogens is 1. The minimum Gasteiger partial charge on any atom is -0.326 e. The van der Waals surface area contributed by atoms with Gasteiger partial charge in [0.1, 0.15) is 0 Å². The summed E-state index contributed by atoms with van der Waals surface area (Å²) in [5, 5.41) is 6.32. The maximum absolute atomic E-state index is 12.3. The van der Waals surface area contributed by atoms with E-state index < -0.39 is 0 Å². The van der Waals surface area contributed by atoms with Gasteiger partial charge in [-0.05, 0) is 56.6 Å². The Morgan fingerprint density at radius 3 is 2.67 bits per heavy atom. The lowest BCUT2D eigenvalue weighted by atomic mass is 9.80. The fourth-order valence-corrected chi connectivity index (χ4v) is 2.46. The fourth-order valence-electron chi connectivity index (χ4n) is 2.21. The van der Waals surface area contributed by atoms with Gasteiger partial charge in [0.2, 0.25) is 5.91 Å². The van der Waals surface area contributed by atoms with E-state index in [0.717, 1.165) is 41.7 Å². The van der Waals surface area contributed by atoms with Crippen LogP contribution in [-0.4, -0.2) is 19.0 Å². The Balaban J connectivity index is 2.08. The van der Waals surface area contributed by atoms with Gasteiger partial charge in [0.25, 0.3) is 0 Å². The topological polar surface area (TPSA) is 41.1 Å². The van der Waals surface area contributed by atoms with Gasteiger partial charge < -0.3 is 10.6 Å². The number of nitrogens with one attached hydrogen (secondary N) is 2. The van der Waals surface area contributed by atoms with E-state index in [9.17, 15) is 4.79 Å². The normalized spacial score (nSPS) is 18.4. The second-order valence-electron chi connectivity index (χ2n) is 5.23. The van der Waals surface area contributed by atoms with E-state index in [-0.39, 0.29) is 11.3 Å². The quantitative estimate of drug-likeness (QED) is 0.881. The average molecular weight is 311 g/mol. The van der Waals surface area contributed by atoms with E-state index in [2.05, 4.69) is 33.5 Å². The van der Waals surface area contributed by atoms with E-state index in [0.29, 0.717) is 0 Å². The second kappa shape index (κ2) is 5.41. The molecule has 0 spiro atoms. The number of piperidine rings is 1. The minimum absolute atomic E-state index is 0.130. The molecule has 0 radical (unpaired) electrons. The van der Waals surface area contributed by atoms with Crippen molar-refractivity contribution in [3.05, 3.63) is 28.2 Å². The van der Waals surface area contributed by atoms with Gasteiger partial charge >= 0.3 is 0 Å². The molecule has 0 atom stereocenters. The van der Waals surface area contributed by atoms with Crippen LogP contribution in [0.25, 0.3) is 0 Å². The fraction of sp³-hybridized carbons (Fsp3) is 0.500. The number of hydrogen-bond donors (Lipinski definition) is 2. The van der Waals surface area contributed by atoms with Crippen LogP contribution < -0.4 is 10.6 Å². The number of benzene rings is 1. The molecule has 1 fully saturated rings. The van der Waals surface area contributed by atoms with E-state index in [1.54, 1.807) is 0 Å². The van der Waals surface area contributed by atoms with Crippen LogP contribution >= 0.6 is 15.9 Å². The molecule has 2 rings (SSSR count). The molecule has 1 aromatic rings. The van der Waals surface area contributed by atoms with Gasteiger partial charge in [0, 0.05) is 15.6 Å². The molecule has 0 bridgehead atoms. The number of anilines is 1. The minimum atomic E-state index is -0.244. The summed E-state index contributed by atoms with van der Waals surface area (Å²) >= 11 is 3.46. The molecule has 1 saturated heterocycles. The van der Waals surface area contributed by atoms with Crippen molar-refractivity contribution in [3.63, 3.8) is 0 Å². The summed E-state index contributed by atoms with van der Waals surface area (Å²) in [5.41, 5.74) is 1.76. The van der Waals surface area contributed by atoms with Crippen molar-refractivity contribution in [2.24, 2.45) is 5.41 Å². The van der Waals surface area contributed by atoms with Gasteiger partial charge in [-0.3, -0.25) is 4.79 Å². The Morgan fingerprint density at radius 2 is 2.06 bits per heavy atom. The molecule has 2 N–H and O–H groups in total. The number of aryl methyl sites for hydroxylation is 1. The first kappa shape index (κ1) is 13.6. The Kier molecular flexibility index (Phi) is 4.07. The van der Waals surface area contributed by atoms with Gasteiger partial charge in [0.05, 0.1) is 0 Å². The Labute approximate surface area is 116 Å². The molecule has 0 aromatic heterocycles. The predicted octanol–water partition coefficient (Wildman–Crippen LogP) is 3.09. The lowest BCUT2D eigenvalue weighted by Gasteiger charge is -2.32. The molecule has 1 heterocycles. The predicted molar refractivity (Wildman–Crippen MR) is 77.7 cm³/mol. The number of amides is 1. The Morgan fingerprint density at radius 1 is 1.39 bits per heavy atom. The first-order valence-electron chi connectivity index (χ1n) is 6.30. The molecule has 18 heavy (non-hydrogen) atoms. The van der Waals surface area contributed by atoms with Crippen molar-refractivity contribution in [1.29, 1.82) is 0 Å². The summed E-state index contributed by atoms with van der Waals surface area (Å²) in [6, 6.07) is 5.89. The monoisotopic (exact) mass is 310 g/mol. The van der Waals surface area contributed by atoms with Crippen LogP contribution in [0.4, 0.5) is 5.69 Å². The molecular weight excluding hydrogens is 292 g/mol. The summed E-state index contributed by atoms with van der Waals surface area (Å²) in [4.78, 5) is 12.3. The van der Waals surface area contributed by atoms with Gasteiger partial charge in [-0.1, -0.05) is 22.9 Å². The maximum atomic E-state index is 12.3. The van der Waals surface area contributed by atoms with Crippen LogP contribution in [-0.2, 0) is 4.79 Å². The van der Waals surface area contributed by atoms with Crippen LogP contribution in [0.3, 0.4) is 0 Å². The average Bonchev–Trinajstić information content (AvgIpc) is 2.35. The van der Waals surface area contributed by atoms with Gasteiger partial charge in [-0.15, -0.1) is 0 Å². The molecule has 1 aromatic carbocycles. The maximum Gasteiger partial charge on any atom is 0.230 e. The standard InChI is InChI=1S/C14H19BrN2O/c1-10-9-11(3-4-12(10)15)17-13(18)14(2)5-7-16-8-6-14/h3-4,9,16H,5-8H2,1-2H3,(H,17,18). The number of hydrogen-bond acceptors (Lipinski definition) is 2. The number of rotatable bonds is 2. The first-order valence-corrected chi connectivity index (χ1v) is 7.09. The van der Waals surface area contributed by atoms with Crippen molar-refractivity contribution in [2.75, 3.05) is 18.4 Å². The van der Waals surface area contributed by atoms with Gasteiger partial charge in [0.15, 0.2) is 0 Å². The van der Waals surface area contributed by atoms with Crippen molar-refractivity contribution in [2.45, 2.75) is 26.7 Å². The van der Waals surface area contributed by atoms with Crippen molar-refractivity contribution >= 4 is 27.5 Å². The summed E-state index contributed by atoms with van der Waals surface area (Å²) < 4.78 is 1.06. The SMILES string of the molecule is Cc1cc(NC(=O)C2(C)CCNCC2)ccc1Br. The van der Waals surface area contributed by atoms with Crippen LogP contribution in [0.1, 0.15) is 25.3 Å². The molecule has 4 heteroatoms. The van der Waals surface area contributed by atoms with E-state index >= 15 is 0 Å². The number of carbonyl (C=O) groups is 1. The highest BCUT2D eigenvalue weighted by molar-refractivity contribution is 9.10. The van der Waals surface area contributed by atoms with Crippen LogP contribution in [0.15, 0.2) is 22.7 Å². The zero-order valence-corrected chi connectivity index (χ0v) is 12.4. The van der Waals surface area contributed by atoms with Crippen LogP contribution in [0.2, 0.25) is 0 Å². The summed E-state index contributed by atoms with van der Waals surface area (Å²) in [6.45, 7) is 5.91. The van der Waals surface area contributed by atoms with E-state index in [1.807, 2.05) is 25.1 Å². The lowest BCUT2D eigenvalue weighted by Crippen LogP contribution is -2.42. The van der Waals surface area contributed by atoms with Crippen molar-refractivity contribution < 1.29 is 4.79 Å². The van der Waals surface area contributed by atoms with Crippen LogP contribution in [0, 0.1) is 12.3 Å². The number of carbonyl (C=O) groups excluding carboxylic acids is 1. The molecule has 98 valence electrons. The smallest absolute Gasteiger partial charge is 0.230 e. The summed E-state index contributed by atoms with van der Waals surface area (Å²) in [6.07, 6.45) is 1.79. The third kappa shape index (κ3) is 2.93. The van der Waals surface area contributed by atoms with Crippen molar-refractivity contribution in [1.82, 2.24) is 5.32 Å². The molecule has 0 saturated carbocycles. The summed E-state index contributed by atoms with van der Waals surface area (Å²) in [7, 11) is 0. The van der Waals surface area contributed by atoms with Crippen LogP contribution in [0.5, 0.6) is 0 Å². The first-order chi connectivity index (χ1) is 8.51. The molecular formula is C14H19BrN2O. The highest BCUT2D eigenvalue weighted by Gasteiger charge is 2.34. The molecule has 3 nitrogen and oxygen atoms in total. The van der Waals surface area contributed by atoms with E-state index in [4.69, 9.17) is 0 Å². The molecule has 0 aliphatic carbocycles. The molecule has 0 unspecified atom stereocenters. The van der Waals surface area contributed by atoms with Crippen molar-refractivity contribution in [3.8, 4) is 0 Å². The zero-order valence-electron chi connectivity index (χ0n) is 10.8. The summed E-state index contributed by atoms with van der Waals surface area (Å²) in [5.74, 6) is 0.130. The van der Waals surface area contributed by atoms with Gasteiger partial charge in [-0.25, -0.2) is 0 Å². The van der Waals surface area contributed by atoms with Gasteiger partial charge in [-0.2, -0.15) is 0 Å². The molecule has 1 aliphatic heterocycles. The zero-order chi connectivity index (χ0) is 13.2. The lowest BCUT2D eigenvalue weighted by molar-refractivity contribution is -0.126. The largest absolute Gasteiger partial charge is 0.326 e. The Hall–Kier alpha value is -0.870. The third-order valence-electron chi connectivity index (χ3n) is 3.67.